The van der Waals surface area contributed by atoms with Gasteiger partial charge in [0.2, 0.25) is 0 Å². The van der Waals surface area contributed by atoms with Crippen LogP contribution in [-0.2, 0) is 11.3 Å². The molecular formula is C22H28FN3O2. The van der Waals surface area contributed by atoms with Gasteiger partial charge in [0.05, 0.1) is 13.2 Å². The number of hydrogen-bond donors (Lipinski definition) is 1. The molecule has 1 N–H and O–H groups in total. The van der Waals surface area contributed by atoms with Crippen molar-refractivity contribution in [1.82, 2.24) is 9.80 Å². The van der Waals surface area contributed by atoms with Gasteiger partial charge in [0.15, 0.2) is 0 Å². The molecular weight excluding hydrogens is 357 g/mol. The molecule has 6 heteroatoms. The Balaban J connectivity index is 1.61. The molecule has 3 rings (SSSR count). The van der Waals surface area contributed by atoms with Crippen LogP contribution in [0.25, 0.3) is 0 Å². The van der Waals surface area contributed by atoms with E-state index in [2.05, 4.69) is 10.2 Å². The van der Waals surface area contributed by atoms with Crippen molar-refractivity contribution in [3.63, 3.8) is 0 Å². The van der Waals surface area contributed by atoms with Crippen molar-refractivity contribution in [3.8, 4) is 0 Å². The number of halogens is 1. The van der Waals surface area contributed by atoms with Gasteiger partial charge in [-0.3, -0.25) is 4.90 Å². The molecule has 28 heavy (non-hydrogen) atoms. The second-order valence-corrected chi connectivity index (χ2v) is 7.15. The van der Waals surface area contributed by atoms with Gasteiger partial charge in [-0.1, -0.05) is 29.8 Å². The van der Waals surface area contributed by atoms with E-state index in [9.17, 15) is 9.18 Å². The number of amides is 2. The van der Waals surface area contributed by atoms with Crippen LogP contribution in [0.5, 0.6) is 0 Å². The summed E-state index contributed by atoms with van der Waals surface area (Å²) in [6.07, 6.45) is 0.877. The molecule has 2 aromatic rings. The van der Waals surface area contributed by atoms with Crippen LogP contribution in [-0.4, -0.2) is 55.2 Å². The molecule has 5 nitrogen and oxygen atoms in total. The molecule has 0 radical (unpaired) electrons. The normalized spacial score (nSPS) is 14.6. The number of carbonyl (C=O) groups is 1. The predicted octanol–water partition coefficient (Wildman–Crippen LogP) is 3.89. The van der Waals surface area contributed by atoms with Crippen molar-refractivity contribution in [2.45, 2.75) is 19.9 Å². The fourth-order valence-electron chi connectivity index (χ4n) is 3.21. The van der Waals surface area contributed by atoms with Crippen LogP contribution >= 0.6 is 0 Å². The van der Waals surface area contributed by atoms with Crippen LogP contribution in [0.1, 0.15) is 17.5 Å². The number of urea groups is 1. The summed E-state index contributed by atoms with van der Waals surface area (Å²) in [4.78, 5) is 17.0. The minimum absolute atomic E-state index is 0.143. The van der Waals surface area contributed by atoms with Crippen LogP contribution < -0.4 is 5.32 Å². The maximum atomic E-state index is 13.2. The molecule has 1 saturated heterocycles. The van der Waals surface area contributed by atoms with Gasteiger partial charge in [0.25, 0.3) is 0 Å². The summed E-state index contributed by atoms with van der Waals surface area (Å²) in [6.45, 7) is 7.44. The van der Waals surface area contributed by atoms with Crippen LogP contribution in [0.2, 0.25) is 0 Å². The maximum Gasteiger partial charge on any atom is 0.322 e. The highest BCUT2D eigenvalue weighted by molar-refractivity contribution is 5.89. The smallest absolute Gasteiger partial charge is 0.322 e. The second-order valence-electron chi connectivity index (χ2n) is 7.15. The number of anilines is 1. The molecule has 0 saturated carbocycles. The maximum absolute atomic E-state index is 13.2. The van der Waals surface area contributed by atoms with Gasteiger partial charge in [0, 0.05) is 38.4 Å². The summed E-state index contributed by atoms with van der Waals surface area (Å²) >= 11 is 0. The summed E-state index contributed by atoms with van der Waals surface area (Å²) in [6, 6.07) is 13.9. The zero-order valence-corrected chi connectivity index (χ0v) is 16.4. The minimum Gasteiger partial charge on any atom is -0.379 e. The molecule has 2 aromatic carbocycles. The second kappa shape index (κ2) is 10.2. The number of hydrogen-bond acceptors (Lipinski definition) is 3. The number of aryl methyl sites for hydroxylation is 1. The Labute approximate surface area is 166 Å². The average molecular weight is 385 g/mol. The number of carbonyl (C=O) groups excluding carboxylic acids is 1. The standard InChI is InChI=1S/C22H28FN3O2/c1-18-3-9-21(10-4-18)24-22(27)26(17-19-5-7-20(23)8-6-19)12-2-11-25-13-15-28-16-14-25/h3-10H,2,11-17H2,1H3,(H,24,27). The average Bonchev–Trinajstić information content (AvgIpc) is 2.71. The van der Waals surface area contributed by atoms with E-state index < -0.39 is 0 Å². The lowest BCUT2D eigenvalue weighted by Crippen LogP contribution is -2.40. The molecule has 0 unspecified atom stereocenters. The van der Waals surface area contributed by atoms with Crippen LogP contribution in [0.3, 0.4) is 0 Å². The summed E-state index contributed by atoms with van der Waals surface area (Å²) in [7, 11) is 0. The Morgan fingerprint density at radius 1 is 1.11 bits per heavy atom. The van der Waals surface area contributed by atoms with Crippen LogP contribution in [0, 0.1) is 12.7 Å². The van der Waals surface area contributed by atoms with E-state index >= 15 is 0 Å². The third kappa shape index (κ3) is 6.32. The molecule has 0 atom stereocenters. The first kappa shape index (κ1) is 20.3. The monoisotopic (exact) mass is 385 g/mol. The van der Waals surface area contributed by atoms with Crippen molar-refractivity contribution in [1.29, 1.82) is 0 Å². The van der Waals surface area contributed by atoms with Gasteiger partial charge in [-0.15, -0.1) is 0 Å². The molecule has 1 aliphatic heterocycles. The lowest BCUT2D eigenvalue weighted by Gasteiger charge is -2.28. The van der Waals surface area contributed by atoms with Gasteiger partial charge in [-0.05, 0) is 43.2 Å². The van der Waals surface area contributed by atoms with E-state index in [1.54, 1.807) is 17.0 Å². The fourth-order valence-corrected chi connectivity index (χ4v) is 3.21. The van der Waals surface area contributed by atoms with E-state index in [0.717, 1.165) is 56.1 Å². The molecule has 0 bridgehead atoms. The Hall–Kier alpha value is -2.44. The molecule has 0 aromatic heterocycles. The molecule has 1 aliphatic rings. The van der Waals surface area contributed by atoms with Crippen LogP contribution in [0.4, 0.5) is 14.9 Å². The number of ether oxygens (including phenoxy) is 1. The molecule has 0 aliphatic carbocycles. The first-order valence-electron chi connectivity index (χ1n) is 9.77. The Kier molecular flexibility index (Phi) is 7.39. The summed E-state index contributed by atoms with van der Waals surface area (Å²) in [5.41, 5.74) is 2.83. The van der Waals surface area contributed by atoms with Crippen LogP contribution in [0.15, 0.2) is 48.5 Å². The number of rotatable bonds is 7. The number of nitrogens with one attached hydrogen (secondary N) is 1. The van der Waals surface area contributed by atoms with E-state index in [4.69, 9.17) is 4.74 Å². The molecule has 1 heterocycles. The highest BCUT2D eigenvalue weighted by Crippen LogP contribution is 2.13. The zero-order chi connectivity index (χ0) is 19.8. The van der Waals surface area contributed by atoms with Gasteiger partial charge in [-0.25, -0.2) is 9.18 Å². The molecule has 0 spiro atoms. The first-order chi connectivity index (χ1) is 13.6. The van der Waals surface area contributed by atoms with Crippen molar-refractivity contribution in [3.05, 3.63) is 65.5 Å². The predicted molar refractivity (Wildman–Crippen MR) is 109 cm³/mol. The topological polar surface area (TPSA) is 44.8 Å². The number of benzene rings is 2. The third-order valence-electron chi connectivity index (χ3n) is 4.88. The van der Waals surface area contributed by atoms with Crippen molar-refractivity contribution < 1.29 is 13.9 Å². The van der Waals surface area contributed by atoms with Gasteiger partial charge >= 0.3 is 6.03 Å². The lowest BCUT2D eigenvalue weighted by molar-refractivity contribution is 0.0365. The Bertz CT molecular complexity index is 743. The van der Waals surface area contributed by atoms with Crippen molar-refractivity contribution in [2.75, 3.05) is 44.7 Å². The summed E-state index contributed by atoms with van der Waals surface area (Å²) < 4.78 is 18.6. The highest BCUT2D eigenvalue weighted by Gasteiger charge is 2.16. The van der Waals surface area contributed by atoms with Crippen molar-refractivity contribution >= 4 is 11.7 Å². The zero-order valence-electron chi connectivity index (χ0n) is 16.4. The van der Waals surface area contributed by atoms with E-state index in [0.29, 0.717) is 13.1 Å². The SMILES string of the molecule is Cc1ccc(NC(=O)N(CCCN2CCOCC2)Cc2ccc(F)cc2)cc1. The lowest BCUT2D eigenvalue weighted by atomic mass is 10.2. The van der Waals surface area contributed by atoms with E-state index in [-0.39, 0.29) is 11.8 Å². The quantitative estimate of drug-likeness (QED) is 0.786. The minimum atomic E-state index is -0.272. The van der Waals surface area contributed by atoms with E-state index in [1.807, 2.05) is 31.2 Å². The highest BCUT2D eigenvalue weighted by atomic mass is 19.1. The number of morpholine rings is 1. The first-order valence-corrected chi connectivity index (χ1v) is 9.77. The molecule has 150 valence electrons. The van der Waals surface area contributed by atoms with Crippen molar-refractivity contribution in [2.24, 2.45) is 0 Å². The Morgan fingerprint density at radius 2 is 1.79 bits per heavy atom. The van der Waals surface area contributed by atoms with Gasteiger partial charge in [0.1, 0.15) is 5.82 Å². The Morgan fingerprint density at radius 3 is 2.46 bits per heavy atom. The third-order valence-corrected chi connectivity index (χ3v) is 4.88. The molecule has 2 amide bonds. The molecule has 1 fully saturated rings. The fraction of sp³-hybridized carbons (Fsp3) is 0.409. The van der Waals surface area contributed by atoms with Gasteiger partial charge < -0.3 is 15.0 Å². The van der Waals surface area contributed by atoms with E-state index in [1.165, 1.54) is 12.1 Å². The largest absolute Gasteiger partial charge is 0.379 e. The van der Waals surface area contributed by atoms with Gasteiger partial charge in [-0.2, -0.15) is 0 Å². The summed E-state index contributed by atoms with van der Waals surface area (Å²) in [5, 5.41) is 2.97. The number of nitrogens with zero attached hydrogens (tertiary/aromatic N) is 2. The summed E-state index contributed by atoms with van der Waals surface area (Å²) in [5.74, 6) is -0.272.